The number of aliphatic hydroxyl groups is 2. The molecule has 2 aliphatic rings. The second-order valence-corrected chi connectivity index (χ2v) is 12.0. The van der Waals surface area contributed by atoms with Crippen molar-refractivity contribution < 1.29 is 33.7 Å². The standard InChI is InChI=1S/C26H38FNO6S/c1-14-8-7-9-26(6)21(34-26)11-19(18(27)10-17-13-35-16(3)28-17)33-22(30)12-20(29)25(4,5)24(32)15(2)23(14)31/h10,13-15,19-21,23,29,31H,7-9,11-12H2,1-6H3/b18-10-/t14-,15+,19-,20+,21?,23-,26?/m0/s1. The molecule has 0 saturated carbocycles. The molecule has 2 aliphatic heterocycles. The van der Waals surface area contributed by atoms with Crippen LogP contribution in [0, 0.1) is 24.2 Å². The number of rotatable bonds is 2. The van der Waals surface area contributed by atoms with Crippen molar-refractivity contribution in [3.05, 3.63) is 21.9 Å². The third kappa shape index (κ3) is 6.56. The quantitative estimate of drug-likeness (QED) is 0.448. The second kappa shape index (κ2) is 10.7. The lowest BCUT2D eigenvalue weighted by Gasteiger charge is -2.34. The summed E-state index contributed by atoms with van der Waals surface area (Å²) >= 11 is 1.39. The van der Waals surface area contributed by atoms with Crippen molar-refractivity contribution >= 4 is 29.2 Å². The van der Waals surface area contributed by atoms with Crippen molar-refractivity contribution in [2.75, 3.05) is 0 Å². The number of carbonyl (C=O) groups excluding carboxylic acids is 2. The van der Waals surface area contributed by atoms with Crippen LogP contribution in [-0.4, -0.2) is 57.0 Å². The van der Waals surface area contributed by atoms with Crippen LogP contribution in [0.2, 0.25) is 0 Å². The van der Waals surface area contributed by atoms with Gasteiger partial charge in [-0.2, -0.15) is 0 Å². The van der Waals surface area contributed by atoms with Gasteiger partial charge in [-0.25, -0.2) is 9.37 Å². The molecule has 7 nitrogen and oxygen atoms in total. The van der Waals surface area contributed by atoms with Gasteiger partial charge in [0.05, 0.1) is 46.5 Å². The number of carbonyl (C=O) groups is 2. The van der Waals surface area contributed by atoms with Crippen molar-refractivity contribution in [1.82, 2.24) is 4.98 Å². The van der Waals surface area contributed by atoms with Crippen LogP contribution in [0.15, 0.2) is 11.2 Å². The van der Waals surface area contributed by atoms with Gasteiger partial charge in [-0.15, -0.1) is 11.3 Å². The smallest absolute Gasteiger partial charge is 0.309 e. The van der Waals surface area contributed by atoms with E-state index in [1.807, 2.05) is 20.8 Å². The van der Waals surface area contributed by atoms with Crippen molar-refractivity contribution in [2.24, 2.45) is 17.3 Å². The van der Waals surface area contributed by atoms with E-state index >= 15 is 4.39 Å². The highest BCUT2D eigenvalue weighted by Gasteiger charge is 2.53. The van der Waals surface area contributed by atoms with Crippen LogP contribution >= 0.6 is 11.3 Å². The molecular formula is C26H38FNO6S. The van der Waals surface area contributed by atoms with Crippen LogP contribution in [0.5, 0.6) is 0 Å². The number of nitrogens with zero attached hydrogens (tertiary/aromatic N) is 1. The molecule has 0 aromatic carbocycles. The highest BCUT2D eigenvalue weighted by atomic mass is 32.1. The maximum Gasteiger partial charge on any atom is 0.309 e. The minimum Gasteiger partial charge on any atom is -0.455 e. The minimum absolute atomic E-state index is 0.129. The lowest BCUT2D eigenvalue weighted by atomic mass is 9.73. The maximum absolute atomic E-state index is 15.3. The molecule has 2 N–H and O–H groups in total. The first-order valence-corrected chi connectivity index (χ1v) is 13.2. The van der Waals surface area contributed by atoms with Crippen LogP contribution in [0.4, 0.5) is 4.39 Å². The number of esters is 1. The third-order valence-corrected chi connectivity index (χ3v) is 8.43. The zero-order chi connectivity index (χ0) is 26.1. The van der Waals surface area contributed by atoms with Crippen LogP contribution in [0.25, 0.3) is 6.08 Å². The lowest BCUT2D eigenvalue weighted by Crippen LogP contribution is -2.45. The van der Waals surface area contributed by atoms with E-state index in [0.717, 1.165) is 11.4 Å². The Morgan fingerprint density at radius 3 is 2.57 bits per heavy atom. The fourth-order valence-corrected chi connectivity index (χ4v) is 5.44. The molecule has 35 heavy (non-hydrogen) atoms. The number of aliphatic hydroxyl groups excluding tert-OH is 2. The topological polar surface area (TPSA) is 109 Å². The van der Waals surface area contributed by atoms with Crippen LogP contribution in [-0.2, 0) is 19.1 Å². The van der Waals surface area contributed by atoms with Gasteiger partial charge in [0.25, 0.3) is 0 Å². The van der Waals surface area contributed by atoms with Gasteiger partial charge in [-0.3, -0.25) is 9.59 Å². The molecule has 0 bridgehead atoms. The summed E-state index contributed by atoms with van der Waals surface area (Å²) < 4.78 is 26.7. The highest BCUT2D eigenvalue weighted by molar-refractivity contribution is 7.09. The van der Waals surface area contributed by atoms with E-state index in [0.29, 0.717) is 18.5 Å². The van der Waals surface area contributed by atoms with E-state index < -0.39 is 53.5 Å². The normalized spacial score (nSPS) is 37.5. The van der Waals surface area contributed by atoms with Crippen LogP contribution in [0.3, 0.4) is 0 Å². The summed E-state index contributed by atoms with van der Waals surface area (Å²) in [5, 5.41) is 24.1. The Hall–Kier alpha value is -1.68. The zero-order valence-electron chi connectivity index (χ0n) is 21.4. The molecule has 7 atom stereocenters. The van der Waals surface area contributed by atoms with Gasteiger partial charge in [-0.1, -0.05) is 34.1 Å². The van der Waals surface area contributed by atoms with Gasteiger partial charge in [0, 0.05) is 17.7 Å². The zero-order valence-corrected chi connectivity index (χ0v) is 22.2. The maximum atomic E-state index is 15.3. The largest absolute Gasteiger partial charge is 0.455 e. The van der Waals surface area contributed by atoms with E-state index in [1.54, 1.807) is 26.2 Å². The molecule has 1 aromatic heterocycles. The Kier molecular flexibility index (Phi) is 8.57. The first-order chi connectivity index (χ1) is 16.2. The minimum atomic E-state index is -1.35. The number of cyclic esters (lactones) is 1. The van der Waals surface area contributed by atoms with Gasteiger partial charge in [0.2, 0.25) is 0 Å². The fourth-order valence-electron chi connectivity index (χ4n) is 4.86. The van der Waals surface area contributed by atoms with Gasteiger partial charge >= 0.3 is 5.97 Å². The Balaban J connectivity index is 1.85. The Morgan fingerprint density at radius 2 is 1.94 bits per heavy atom. The van der Waals surface area contributed by atoms with E-state index in [2.05, 4.69) is 4.98 Å². The molecule has 0 aliphatic carbocycles. The number of aromatic nitrogens is 1. The molecule has 196 valence electrons. The third-order valence-electron chi connectivity index (χ3n) is 7.64. The Bertz CT molecular complexity index is 961. The number of Topliss-reactive ketones (excluding diaryl/α,β-unsaturated/α-hetero) is 1. The summed E-state index contributed by atoms with van der Waals surface area (Å²) in [4.78, 5) is 30.2. The van der Waals surface area contributed by atoms with E-state index in [1.165, 1.54) is 17.4 Å². The molecule has 2 unspecified atom stereocenters. The molecule has 0 spiro atoms. The highest BCUT2D eigenvalue weighted by Crippen LogP contribution is 2.45. The molecule has 2 saturated heterocycles. The second-order valence-electron chi connectivity index (χ2n) is 10.9. The Labute approximate surface area is 210 Å². The number of epoxide rings is 1. The summed E-state index contributed by atoms with van der Waals surface area (Å²) in [7, 11) is 0. The van der Waals surface area contributed by atoms with Gasteiger partial charge in [0.15, 0.2) is 6.10 Å². The first kappa shape index (κ1) is 27.9. The van der Waals surface area contributed by atoms with E-state index in [9.17, 15) is 19.8 Å². The molecule has 2 fully saturated rings. The number of hydrogen-bond donors (Lipinski definition) is 2. The van der Waals surface area contributed by atoms with E-state index in [4.69, 9.17) is 9.47 Å². The van der Waals surface area contributed by atoms with Crippen molar-refractivity contribution in [3.8, 4) is 0 Å². The van der Waals surface area contributed by atoms with Gasteiger partial charge in [-0.05, 0) is 38.7 Å². The number of aryl methyl sites for hydroxylation is 1. The summed E-state index contributed by atoms with van der Waals surface area (Å²) in [5.41, 5.74) is -1.32. The molecule has 1 aromatic rings. The number of fused-ring (bicyclic) bond motifs is 1. The molecule has 3 heterocycles. The van der Waals surface area contributed by atoms with Crippen molar-refractivity contribution in [3.63, 3.8) is 0 Å². The van der Waals surface area contributed by atoms with Crippen molar-refractivity contribution in [1.29, 1.82) is 0 Å². The molecular weight excluding hydrogens is 473 g/mol. The number of halogens is 1. The summed E-state index contributed by atoms with van der Waals surface area (Å²) in [6.45, 7) is 10.4. The molecule has 0 amide bonds. The Morgan fingerprint density at radius 1 is 1.26 bits per heavy atom. The summed E-state index contributed by atoms with van der Waals surface area (Å²) in [6, 6.07) is 0. The molecule has 9 heteroatoms. The SMILES string of the molecule is Cc1nc(/C=C(\F)[C@@H]2CC3OC3(C)CCC[C@H](C)[C@H](O)[C@@H](C)C(=O)C(C)(C)[C@H](O)CC(=O)O2)cs1. The number of hydrogen-bond acceptors (Lipinski definition) is 8. The number of thiazole rings is 1. The predicted molar refractivity (Wildman–Crippen MR) is 131 cm³/mol. The number of ketones is 1. The fraction of sp³-hybridized carbons (Fsp3) is 0.731. The average Bonchev–Trinajstić information content (AvgIpc) is 3.22. The summed E-state index contributed by atoms with van der Waals surface area (Å²) in [5.74, 6) is -2.62. The summed E-state index contributed by atoms with van der Waals surface area (Å²) in [6.07, 6.45) is -0.593. The van der Waals surface area contributed by atoms with Gasteiger partial charge in [0.1, 0.15) is 11.6 Å². The molecule has 3 rings (SSSR count). The van der Waals surface area contributed by atoms with Crippen molar-refractivity contribution in [2.45, 2.75) is 104 Å². The molecule has 0 radical (unpaired) electrons. The number of ether oxygens (including phenoxy) is 2. The van der Waals surface area contributed by atoms with Crippen LogP contribution in [0.1, 0.15) is 77.4 Å². The lowest BCUT2D eigenvalue weighted by molar-refractivity contribution is -0.155. The van der Waals surface area contributed by atoms with Gasteiger partial charge < -0.3 is 19.7 Å². The average molecular weight is 512 g/mol. The predicted octanol–water partition coefficient (Wildman–Crippen LogP) is 4.38. The monoisotopic (exact) mass is 511 g/mol. The van der Waals surface area contributed by atoms with E-state index in [-0.39, 0.29) is 24.2 Å². The van der Waals surface area contributed by atoms with Crippen LogP contribution < -0.4 is 0 Å². The first-order valence-electron chi connectivity index (χ1n) is 12.3.